The Bertz CT molecular complexity index is 829. The minimum absolute atomic E-state index is 0.293. The van der Waals surface area contributed by atoms with Crippen molar-refractivity contribution in [3.63, 3.8) is 0 Å². The number of nitrogens with one attached hydrogen (secondary N) is 2. The predicted octanol–water partition coefficient (Wildman–Crippen LogP) is 4.11. The molecule has 152 valence electrons. The van der Waals surface area contributed by atoms with Gasteiger partial charge in [0, 0.05) is 13.0 Å². The highest BCUT2D eigenvalue weighted by Crippen LogP contribution is 2.27. The van der Waals surface area contributed by atoms with E-state index < -0.39 is 24.4 Å². The van der Waals surface area contributed by atoms with Crippen molar-refractivity contribution in [3.8, 4) is 5.69 Å². The van der Waals surface area contributed by atoms with E-state index in [0.29, 0.717) is 24.4 Å². The molecule has 0 saturated carbocycles. The van der Waals surface area contributed by atoms with E-state index in [1.807, 2.05) is 36.5 Å². The third-order valence-electron chi connectivity index (χ3n) is 4.73. The van der Waals surface area contributed by atoms with Gasteiger partial charge in [0.15, 0.2) is 0 Å². The normalized spacial score (nSPS) is 18.1. The number of benzene rings is 1. The second kappa shape index (κ2) is 8.22. The van der Waals surface area contributed by atoms with Gasteiger partial charge in [-0.05, 0) is 44.4 Å². The number of rotatable bonds is 5. The summed E-state index contributed by atoms with van der Waals surface area (Å²) in [4.78, 5) is 12.2. The Labute approximate surface area is 161 Å². The number of carbonyl (C=O) groups is 1. The van der Waals surface area contributed by atoms with Crippen LogP contribution in [0.15, 0.2) is 30.5 Å². The number of aromatic nitrogens is 2. The molecule has 6 nitrogen and oxygen atoms in total. The predicted molar refractivity (Wildman–Crippen MR) is 98.6 cm³/mol. The van der Waals surface area contributed by atoms with Gasteiger partial charge < -0.3 is 15.4 Å². The monoisotopic (exact) mass is 396 g/mol. The van der Waals surface area contributed by atoms with Crippen LogP contribution in [0, 0.1) is 13.8 Å². The molecule has 2 unspecified atom stereocenters. The maximum absolute atomic E-state index is 13.3. The van der Waals surface area contributed by atoms with Crippen molar-refractivity contribution in [2.24, 2.45) is 0 Å². The van der Waals surface area contributed by atoms with Crippen molar-refractivity contribution in [2.45, 2.75) is 51.4 Å². The molecule has 2 aromatic rings. The van der Waals surface area contributed by atoms with Crippen molar-refractivity contribution in [1.82, 2.24) is 15.1 Å². The Morgan fingerprint density at radius 3 is 2.82 bits per heavy atom. The number of aryl methyl sites for hydroxylation is 1. The number of urea groups is 1. The second-order valence-electron chi connectivity index (χ2n) is 6.96. The number of amides is 2. The summed E-state index contributed by atoms with van der Waals surface area (Å²) in [6.07, 6.45) is -2.61. The van der Waals surface area contributed by atoms with Gasteiger partial charge in [0.25, 0.3) is 0 Å². The number of carbonyl (C=O) groups excluding carboxylic acids is 1. The maximum Gasteiger partial charge on any atom is 0.408 e. The molecule has 1 aromatic carbocycles. The van der Waals surface area contributed by atoms with Crippen molar-refractivity contribution in [3.05, 3.63) is 41.7 Å². The Hall–Kier alpha value is -2.55. The zero-order valence-corrected chi connectivity index (χ0v) is 15.7. The molecule has 2 atom stereocenters. The molecule has 1 aliphatic rings. The standard InChI is InChI=1S/C19H23F3N4O2/c1-12-5-3-6-14(9-12)26-13(2)16(11-23-26)24-18(27)25-17(19(20,21)22)10-15-7-4-8-28-15/h3,5-6,9,11,15,17H,4,7-8,10H2,1-2H3,(H2,24,25,27). The topological polar surface area (TPSA) is 68.2 Å². The van der Waals surface area contributed by atoms with Crippen LogP contribution in [0.5, 0.6) is 0 Å². The molecule has 0 spiro atoms. The van der Waals surface area contributed by atoms with Crippen molar-refractivity contribution < 1.29 is 22.7 Å². The molecule has 1 fully saturated rings. The number of anilines is 1. The van der Waals surface area contributed by atoms with E-state index in [9.17, 15) is 18.0 Å². The summed E-state index contributed by atoms with van der Waals surface area (Å²) in [5.74, 6) is 0. The molecule has 0 aliphatic carbocycles. The molecule has 3 rings (SSSR count). The lowest BCUT2D eigenvalue weighted by Gasteiger charge is -2.24. The Balaban J connectivity index is 1.68. The lowest BCUT2D eigenvalue weighted by molar-refractivity contribution is -0.159. The van der Waals surface area contributed by atoms with Gasteiger partial charge >= 0.3 is 12.2 Å². The molecule has 2 heterocycles. The van der Waals surface area contributed by atoms with Gasteiger partial charge in [-0.1, -0.05) is 12.1 Å². The molecule has 28 heavy (non-hydrogen) atoms. The van der Waals surface area contributed by atoms with Crippen LogP contribution in [0.1, 0.15) is 30.5 Å². The zero-order chi connectivity index (χ0) is 20.3. The van der Waals surface area contributed by atoms with Gasteiger partial charge in [-0.3, -0.25) is 0 Å². The average Bonchev–Trinajstić information content (AvgIpc) is 3.24. The minimum Gasteiger partial charge on any atom is -0.378 e. The first-order valence-corrected chi connectivity index (χ1v) is 9.11. The van der Waals surface area contributed by atoms with Crippen LogP contribution >= 0.6 is 0 Å². The molecular weight excluding hydrogens is 373 g/mol. The number of halogens is 3. The molecule has 0 radical (unpaired) electrons. The van der Waals surface area contributed by atoms with Gasteiger partial charge in [-0.2, -0.15) is 18.3 Å². The summed E-state index contributed by atoms with van der Waals surface area (Å²) in [5.41, 5.74) is 2.81. The van der Waals surface area contributed by atoms with E-state index >= 15 is 0 Å². The van der Waals surface area contributed by atoms with Gasteiger partial charge in [0.1, 0.15) is 6.04 Å². The van der Waals surface area contributed by atoms with E-state index in [0.717, 1.165) is 17.7 Å². The van der Waals surface area contributed by atoms with Crippen molar-refractivity contribution in [2.75, 3.05) is 11.9 Å². The molecule has 2 amide bonds. The van der Waals surface area contributed by atoms with Crippen LogP contribution in [-0.2, 0) is 4.74 Å². The van der Waals surface area contributed by atoms with Crippen LogP contribution in [0.4, 0.5) is 23.7 Å². The molecule has 1 aromatic heterocycles. The van der Waals surface area contributed by atoms with Crippen LogP contribution in [-0.4, -0.2) is 40.7 Å². The Morgan fingerprint density at radius 2 is 2.18 bits per heavy atom. The van der Waals surface area contributed by atoms with Crippen LogP contribution in [0.3, 0.4) is 0 Å². The summed E-state index contributed by atoms with van der Waals surface area (Å²) in [7, 11) is 0. The minimum atomic E-state index is -4.55. The van der Waals surface area contributed by atoms with E-state index in [1.165, 1.54) is 6.20 Å². The molecule has 1 saturated heterocycles. The van der Waals surface area contributed by atoms with E-state index in [4.69, 9.17) is 4.74 Å². The van der Waals surface area contributed by atoms with Crippen molar-refractivity contribution >= 4 is 11.7 Å². The number of nitrogens with zero attached hydrogens (tertiary/aromatic N) is 2. The number of hydrogen-bond acceptors (Lipinski definition) is 3. The fourth-order valence-corrected chi connectivity index (χ4v) is 3.24. The smallest absolute Gasteiger partial charge is 0.378 e. The first kappa shape index (κ1) is 20.2. The van der Waals surface area contributed by atoms with Gasteiger partial charge in [0.2, 0.25) is 0 Å². The summed E-state index contributed by atoms with van der Waals surface area (Å²) in [5, 5.41) is 8.72. The summed E-state index contributed by atoms with van der Waals surface area (Å²) >= 11 is 0. The maximum atomic E-state index is 13.3. The zero-order valence-electron chi connectivity index (χ0n) is 15.7. The quantitative estimate of drug-likeness (QED) is 0.799. The molecule has 0 bridgehead atoms. The fourth-order valence-electron chi connectivity index (χ4n) is 3.24. The average molecular weight is 396 g/mol. The largest absolute Gasteiger partial charge is 0.408 e. The van der Waals surface area contributed by atoms with Crippen LogP contribution < -0.4 is 10.6 Å². The van der Waals surface area contributed by atoms with Gasteiger partial charge in [-0.15, -0.1) is 0 Å². The number of alkyl halides is 3. The highest BCUT2D eigenvalue weighted by molar-refractivity contribution is 5.90. The molecule has 9 heteroatoms. The lowest BCUT2D eigenvalue weighted by atomic mass is 10.1. The van der Waals surface area contributed by atoms with Crippen LogP contribution in [0.2, 0.25) is 0 Å². The SMILES string of the molecule is Cc1cccc(-n2ncc(NC(=O)NC(CC3CCCO3)C(F)(F)F)c2C)c1. The molecule has 1 aliphatic heterocycles. The fraction of sp³-hybridized carbons (Fsp3) is 0.474. The number of hydrogen-bond donors (Lipinski definition) is 2. The third-order valence-corrected chi connectivity index (χ3v) is 4.73. The van der Waals surface area contributed by atoms with Gasteiger partial charge in [-0.25, -0.2) is 9.48 Å². The van der Waals surface area contributed by atoms with Gasteiger partial charge in [0.05, 0.1) is 29.4 Å². The molecule has 2 N–H and O–H groups in total. The number of ether oxygens (including phenoxy) is 1. The Kier molecular flexibility index (Phi) is 5.93. The lowest BCUT2D eigenvalue weighted by Crippen LogP contribution is -2.48. The Morgan fingerprint density at radius 1 is 1.39 bits per heavy atom. The van der Waals surface area contributed by atoms with Crippen molar-refractivity contribution in [1.29, 1.82) is 0 Å². The van der Waals surface area contributed by atoms with E-state index in [1.54, 1.807) is 11.6 Å². The summed E-state index contributed by atoms with van der Waals surface area (Å²) < 4.78 is 46.8. The first-order valence-electron chi connectivity index (χ1n) is 9.11. The highest BCUT2D eigenvalue weighted by Gasteiger charge is 2.42. The van der Waals surface area contributed by atoms with Crippen LogP contribution in [0.25, 0.3) is 5.69 Å². The third kappa shape index (κ3) is 4.83. The second-order valence-corrected chi connectivity index (χ2v) is 6.96. The first-order chi connectivity index (χ1) is 13.2. The van der Waals surface area contributed by atoms with E-state index in [2.05, 4.69) is 10.4 Å². The summed E-state index contributed by atoms with van der Waals surface area (Å²) in [6.45, 7) is 4.14. The van der Waals surface area contributed by atoms with E-state index in [-0.39, 0.29) is 6.42 Å². The highest BCUT2D eigenvalue weighted by atomic mass is 19.4. The summed E-state index contributed by atoms with van der Waals surface area (Å²) in [6, 6.07) is 4.71. The molecular formula is C19H23F3N4O2.